The van der Waals surface area contributed by atoms with Crippen LogP contribution in [0.15, 0.2) is 76.0 Å². The zero-order valence-corrected chi connectivity index (χ0v) is 18.5. The fourth-order valence-corrected chi connectivity index (χ4v) is 4.78. The van der Waals surface area contributed by atoms with Crippen molar-refractivity contribution < 1.29 is 21.6 Å². The maximum atomic E-state index is 13.4. The Balaban J connectivity index is 1.71. The van der Waals surface area contributed by atoms with Crippen molar-refractivity contribution in [1.82, 2.24) is 0 Å². The first kappa shape index (κ1) is 22.1. The Bertz CT molecular complexity index is 1320. The van der Waals surface area contributed by atoms with Crippen molar-refractivity contribution in [3.63, 3.8) is 0 Å². The SMILES string of the molecule is CC(C)(C)c1ccc(NC2=NS(=O)(=O)c3cc(-c4ccccc4C(F)(F)F)ccc32)cc1. The Labute approximate surface area is 184 Å². The minimum atomic E-state index is -4.56. The van der Waals surface area contributed by atoms with E-state index in [1.54, 1.807) is 0 Å². The first-order chi connectivity index (χ1) is 14.9. The molecule has 3 aromatic rings. The number of anilines is 1. The van der Waals surface area contributed by atoms with Crippen LogP contribution in [0.4, 0.5) is 18.9 Å². The molecule has 0 spiro atoms. The van der Waals surface area contributed by atoms with Crippen LogP contribution in [0, 0.1) is 0 Å². The fraction of sp³-hybridized carbons (Fsp3) is 0.208. The highest BCUT2D eigenvalue weighted by atomic mass is 32.2. The van der Waals surface area contributed by atoms with Gasteiger partial charge in [-0.25, -0.2) is 0 Å². The van der Waals surface area contributed by atoms with Crippen LogP contribution >= 0.6 is 0 Å². The summed E-state index contributed by atoms with van der Waals surface area (Å²) in [5.74, 6) is 0.138. The van der Waals surface area contributed by atoms with Crippen molar-refractivity contribution in [3.05, 3.63) is 83.4 Å². The molecular weight excluding hydrogens is 437 g/mol. The summed E-state index contributed by atoms with van der Waals surface area (Å²) in [7, 11) is -4.04. The first-order valence-electron chi connectivity index (χ1n) is 9.90. The molecule has 0 fully saturated rings. The zero-order chi connectivity index (χ0) is 23.3. The number of rotatable bonds is 2. The van der Waals surface area contributed by atoms with E-state index < -0.39 is 21.8 Å². The van der Waals surface area contributed by atoms with E-state index in [1.807, 2.05) is 24.3 Å². The van der Waals surface area contributed by atoms with Crippen LogP contribution in [0.25, 0.3) is 11.1 Å². The lowest BCUT2D eigenvalue weighted by molar-refractivity contribution is -0.137. The van der Waals surface area contributed by atoms with Crippen molar-refractivity contribution in [2.24, 2.45) is 4.40 Å². The molecule has 0 aromatic heterocycles. The maximum Gasteiger partial charge on any atom is 0.417 e. The number of nitrogens with zero attached hydrogens (tertiary/aromatic N) is 1. The number of amidine groups is 1. The van der Waals surface area contributed by atoms with Crippen molar-refractivity contribution in [2.75, 3.05) is 5.32 Å². The Kier molecular flexibility index (Phi) is 5.16. The monoisotopic (exact) mass is 458 g/mol. The van der Waals surface area contributed by atoms with Gasteiger partial charge in [0.05, 0.1) is 5.56 Å². The summed E-state index contributed by atoms with van der Waals surface area (Å²) in [6, 6.07) is 16.9. The second-order valence-corrected chi connectivity index (χ2v) is 10.2. The van der Waals surface area contributed by atoms with Crippen molar-refractivity contribution in [2.45, 2.75) is 37.3 Å². The first-order valence-corrected chi connectivity index (χ1v) is 11.3. The van der Waals surface area contributed by atoms with Crippen LogP contribution in [-0.4, -0.2) is 14.3 Å². The summed E-state index contributed by atoms with van der Waals surface area (Å²) >= 11 is 0. The van der Waals surface area contributed by atoms with Crippen LogP contribution in [0.3, 0.4) is 0 Å². The lowest BCUT2D eigenvalue weighted by atomic mass is 9.87. The van der Waals surface area contributed by atoms with E-state index in [2.05, 4.69) is 30.5 Å². The Morgan fingerprint density at radius 1 is 0.844 bits per heavy atom. The van der Waals surface area contributed by atoms with Gasteiger partial charge in [-0.05, 0) is 52.4 Å². The van der Waals surface area contributed by atoms with E-state index in [0.717, 1.165) is 11.6 Å². The number of fused-ring (bicyclic) bond motifs is 1. The molecule has 1 N–H and O–H groups in total. The van der Waals surface area contributed by atoms with E-state index in [9.17, 15) is 21.6 Å². The highest BCUT2D eigenvalue weighted by Gasteiger charge is 2.35. The molecule has 0 saturated heterocycles. The van der Waals surface area contributed by atoms with Gasteiger partial charge in [-0.15, -0.1) is 4.40 Å². The molecule has 32 heavy (non-hydrogen) atoms. The normalized spacial score (nSPS) is 15.2. The van der Waals surface area contributed by atoms with Crippen molar-refractivity contribution in [1.29, 1.82) is 0 Å². The minimum Gasteiger partial charge on any atom is -0.339 e. The lowest BCUT2D eigenvalue weighted by Gasteiger charge is -2.19. The van der Waals surface area contributed by atoms with Gasteiger partial charge in [0.1, 0.15) is 4.90 Å². The molecule has 8 heteroatoms. The van der Waals surface area contributed by atoms with Gasteiger partial charge in [-0.1, -0.05) is 57.2 Å². The molecule has 1 aliphatic heterocycles. The van der Waals surface area contributed by atoms with E-state index >= 15 is 0 Å². The summed E-state index contributed by atoms with van der Waals surface area (Å²) < 4.78 is 69.4. The Morgan fingerprint density at radius 2 is 1.50 bits per heavy atom. The van der Waals surface area contributed by atoms with E-state index in [4.69, 9.17) is 0 Å². The van der Waals surface area contributed by atoms with Gasteiger partial charge in [0.15, 0.2) is 5.84 Å². The van der Waals surface area contributed by atoms with Crippen LogP contribution < -0.4 is 5.32 Å². The molecule has 0 bridgehead atoms. The number of hydrogen-bond acceptors (Lipinski definition) is 3. The summed E-state index contributed by atoms with van der Waals surface area (Å²) in [6.07, 6.45) is -4.56. The Hall–Kier alpha value is -3.13. The van der Waals surface area contributed by atoms with Crippen LogP contribution in [-0.2, 0) is 21.6 Å². The molecule has 0 aliphatic carbocycles. The van der Waals surface area contributed by atoms with E-state index in [1.165, 1.54) is 36.4 Å². The summed E-state index contributed by atoms with van der Waals surface area (Å²) in [5, 5.41) is 3.02. The summed E-state index contributed by atoms with van der Waals surface area (Å²) in [4.78, 5) is -0.124. The second-order valence-electron chi connectivity index (χ2n) is 8.62. The number of nitrogens with one attached hydrogen (secondary N) is 1. The number of benzene rings is 3. The van der Waals surface area contributed by atoms with Gasteiger partial charge in [0.25, 0.3) is 10.0 Å². The van der Waals surface area contributed by atoms with Gasteiger partial charge >= 0.3 is 6.18 Å². The smallest absolute Gasteiger partial charge is 0.339 e. The number of sulfonamides is 1. The van der Waals surface area contributed by atoms with Crippen LogP contribution in [0.5, 0.6) is 0 Å². The van der Waals surface area contributed by atoms with E-state index in [-0.39, 0.29) is 27.3 Å². The molecule has 1 heterocycles. The largest absolute Gasteiger partial charge is 0.417 e. The van der Waals surface area contributed by atoms with Crippen molar-refractivity contribution in [3.8, 4) is 11.1 Å². The number of halogens is 3. The highest BCUT2D eigenvalue weighted by Crippen LogP contribution is 2.39. The number of hydrogen-bond donors (Lipinski definition) is 1. The van der Waals surface area contributed by atoms with E-state index in [0.29, 0.717) is 11.3 Å². The third-order valence-corrected chi connectivity index (χ3v) is 6.60. The quantitative estimate of drug-likeness (QED) is 0.495. The minimum absolute atomic E-state index is 0.0253. The standard InChI is InChI=1S/C24H21F3N2O2S/c1-23(2,3)16-9-11-17(12-10-16)28-22-19-13-8-15(14-21(19)32(30,31)29-22)18-6-4-5-7-20(18)24(25,26)27/h4-14H,1-3H3,(H,28,29). The molecule has 0 radical (unpaired) electrons. The summed E-state index contributed by atoms with van der Waals surface area (Å²) in [5.41, 5.74) is 1.32. The molecule has 0 unspecified atom stereocenters. The molecular formula is C24H21F3N2O2S. The maximum absolute atomic E-state index is 13.4. The van der Waals surface area contributed by atoms with Gasteiger partial charge in [0, 0.05) is 11.3 Å². The molecule has 1 aliphatic rings. The highest BCUT2D eigenvalue weighted by molar-refractivity contribution is 7.90. The average molecular weight is 459 g/mol. The molecule has 3 aromatic carbocycles. The zero-order valence-electron chi connectivity index (χ0n) is 17.7. The summed E-state index contributed by atoms with van der Waals surface area (Å²) in [6.45, 7) is 6.27. The fourth-order valence-electron chi connectivity index (χ4n) is 3.58. The molecule has 0 saturated carbocycles. The third kappa shape index (κ3) is 4.14. The molecule has 4 nitrogen and oxygen atoms in total. The van der Waals surface area contributed by atoms with Crippen molar-refractivity contribution >= 4 is 21.5 Å². The predicted octanol–water partition coefficient (Wildman–Crippen LogP) is 6.23. The topological polar surface area (TPSA) is 58.5 Å². The molecule has 166 valence electrons. The van der Waals surface area contributed by atoms with Crippen LogP contribution in [0.1, 0.15) is 37.5 Å². The second kappa shape index (κ2) is 7.48. The third-order valence-electron chi connectivity index (χ3n) is 5.28. The number of alkyl halides is 3. The lowest BCUT2D eigenvalue weighted by Crippen LogP contribution is -2.13. The van der Waals surface area contributed by atoms with Gasteiger partial charge in [-0.3, -0.25) is 0 Å². The molecule has 0 atom stereocenters. The van der Waals surface area contributed by atoms with Gasteiger partial charge in [-0.2, -0.15) is 21.6 Å². The molecule has 0 amide bonds. The Morgan fingerprint density at radius 3 is 2.12 bits per heavy atom. The van der Waals surface area contributed by atoms with Gasteiger partial charge in [0.2, 0.25) is 0 Å². The van der Waals surface area contributed by atoms with Crippen LogP contribution in [0.2, 0.25) is 0 Å². The average Bonchev–Trinajstić information content (AvgIpc) is 2.96. The molecule has 4 rings (SSSR count). The predicted molar refractivity (Wildman–Crippen MR) is 119 cm³/mol. The van der Waals surface area contributed by atoms with Gasteiger partial charge < -0.3 is 5.32 Å².